The van der Waals surface area contributed by atoms with E-state index in [1.54, 1.807) is 0 Å². The van der Waals surface area contributed by atoms with Crippen molar-refractivity contribution in [2.45, 2.75) is 207 Å². The minimum Gasteiger partial charge on any atom is -0.396 e. The molecule has 0 rings (SSSR count). The third-order valence-electron chi connectivity index (χ3n) is 9.71. The topological polar surface area (TPSA) is 51.2 Å². The molecule has 0 aromatic heterocycles. The fourth-order valence-electron chi connectivity index (χ4n) is 6.40. The number of ether oxygens (including phenoxy) is 1. The Balaban J connectivity index is 4.33. The van der Waals surface area contributed by atoms with Gasteiger partial charge in [-0.2, -0.15) is 0 Å². The lowest BCUT2D eigenvalue weighted by Crippen LogP contribution is -2.40. The molecule has 0 saturated carbocycles. The molecule has 0 bridgehead atoms. The molecule has 0 aliphatic rings. The van der Waals surface area contributed by atoms with E-state index in [1.165, 1.54) is 96.3 Å². The Bertz CT molecular complexity index is 899. The molecular formula is C48H91NO4Si. The highest BCUT2D eigenvalue weighted by Gasteiger charge is 2.29. The van der Waals surface area contributed by atoms with Gasteiger partial charge in [-0.25, -0.2) is 0 Å². The summed E-state index contributed by atoms with van der Waals surface area (Å²) in [4.78, 5) is 2.63. The number of aliphatic hydroxyl groups excluding tert-OH is 1. The number of nitrogens with zero attached hydrogens (tertiary/aromatic N) is 1. The molecule has 1 atom stereocenters. The van der Waals surface area contributed by atoms with Crippen LogP contribution in [0.4, 0.5) is 0 Å². The van der Waals surface area contributed by atoms with Crippen LogP contribution in [0, 0.1) is 0 Å². The maximum atomic E-state index is 9.32. The smallest absolute Gasteiger partial charge is 0.333 e. The lowest BCUT2D eigenvalue weighted by atomic mass is 10.1. The summed E-state index contributed by atoms with van der Waals surface area (Å²) in [5.74, 6) is 0. The van der Waals surface area contributed by atoms with Gasteiger partial charge in [-0.05, 0) is 129 Å². The van der Waals surface area contributed by atoms with Gasteiger partial charge in [-0.1, -0.05) is 152 Å². The average molecular weight is 774 g/mol. The van der Waals surface area contributed by atoms with Crippen LogP contribution >= 0.6 is 0 Å². The van der Waals surface area contributed by atoms with Crippen molar-refractivity contribution >= 4 is 8.56 Å². The van der Waals surface area contributed by atoms with Gasteiger partial charge in [0.25, 0.3) is 0 Å². The molecule has 6 heteroatoms. The van der Waals surface area contributed by atoms with Crippen LogP contribution < -0.4 is 0 Å². The first kappa shape index (κ1) is 52.7. The SMILES string of the molecule is CC/C=C\C/C=C\C/C=C\C/C=C\C/C=C\CCCCN(CCCCO)CCCCCCOC(CCCCCCC)O[Si](C)(C)OCCCCCCCC. The summed E-state index contributed by atoms with van der Waals surface area (Å²) in [6, 6.07) is 0. The summed E-state index contributed by atoms with van der Waals surface area (Å²) in [5, 5.41) is 9.32. The van der Waals surface area contributed by atoms with E-state index in [0.717, 1.165) is 103 Å². The van der Waals surface area contributed by atoms with Crippen LogP contribution in [0.5, 0.6) is 0 Å². The van der Waals surface area contributed by atoms with E-state index in [2.05, 4.69) is 99.5 Å². The van der Waals surface area contributed by atoms with Crippen molar-refractivity contribution in [3.05, 3.63) is 60.8 Å². The van der Waals surface area contributed by atoms with Gasteiger partial charge in [0.2, 0.25) is 0 Å². The van der Waals surface area contributed by atoms with Crippen molar-refractivity contribution < 1.29 is 18.7 Å². The van der Waals surface area contributed by atoms with Gasteiger partial charge in [0.15, 0.2) is 0 Å². The second-order valence-electron chi connectivity index (χ2n) is 15.5. The number of hydrogen-bond donors (Lipinski definition) is 1. The van der Waals surface area contributed by atoms with Crippen LogP contribution in [-0.2, 0) is 13.6 Å². The zero-order valence-electron chi connectivity index (χ0n) is 36.6. The summed E-state index contributed by atoms with van der Waals surface area (Å²) in [7, 11) is -2.22. The van der Waals surface area contributed by atoms with Gasteiger partial charge in [0.1, 0.15) is 6.29 Å². The lowest BCUT2D eigenvalue weighted by Gasteiger charge is -2.29. The Kier molecular flexibility index (Phi) is 41.8. The Hall–Kier alpha value is -1.28. The molecule has 1 unspecified atom stereocenters. The highest BCUT2D eigenvalue weighted by molar-refractivity contribution is 6.64. The highest BCUT2D eigenvalue weighted by Crippen LogP contribution is 2.19. The zero-order valence-corrected chi connectivity index (χ0v) is 37.6. The van der Waals surface area contributed by atoms with Crippen molar-refractivity contribution in [1.82, 2.24) is 4.90 Å². The fourth-order valence-corrected chi connectivity index (χ4v) is 7.92. The number of hydrogen-bond acceptors (Lipinski definition) is 5. The monoisotopic (exact) mass is 774 g/mol. The van der Waals surface area contributed by atoms with Crippen LogP contribution in [0.25, 0.3) is 0 Å². The van der Waals surface area contributed by atoms with Gasteiger partial charge >= 0.3 is 8.56 Å². The van der Waals surface area contributed by atoms with Crippen molar-refractivity contribution in [2.75, 3.05) is 39.5 Å². The van der Waals surface area contributed by atoms with Crippen LogP contribution in [0.3, 0.4) is 0 Å². The highest BCUT2D eigenvalue weighted by atomic mass is 28.4. The number of allylic oxidation sites excluding steroid dienone is 10. The summed E-state index contributed by atoms with van der Waals surface area (Å²) >= 11 is 0. The molecule has 0 radical (unpaired) electrons. The molecule has 0 aliphatic carbocycles. The van der Waals surface area contributed by atoms with E-state index in [9.17, 15) is 5.11 Å². The van der Waals surface area contributed by atoms with E-state index in [4.69, 9.17) is 13.6 Å². The Morgan fingerprint density at radius 2 is 0.963 bits per heavy atom. The van der Waals surface area contributed by atoms with Crippen LogP contribution in [0.1, 0.15) is 188 Å². The van der Waals surface area contributed by atoms with Gasteiger partial charge < -0.3 is 23.6 Å². The molecule has 0 aliphatic heterocycles. The Morgan fingerprint density at radius 3 is 1.54 bits per heavy atom. The number of aliphatic hydroxyl groups is 1. The quantitative estimate of drug-likeness (QED) is 0.0290. The van der Waals surface area contributed by atoms with Crippen LogP contribution in [-0.4, -0.2) is 64.3 Å². The Labute approximate surface area is 338 Å². The van der Waals surface area contributed by atoms with Crippen molar-refractivity contribution in [3.8, 4) is 0 Å². The van der Waals surface area contributed by atoms with Crippen molar-refractivity contribution in [2.24, 2.45) is 0 Å². The summed E-state index contributed by atoms with van der Waals surface area (Å²) in [6.07, 6.45) is 53.1. The normalized spacial score (nSPS) is 13.5. The van der Waals surface area contributed by atoms with Crippen LogP contribution in [0.2, 0.25) is 13.1 Å². The van der Waals surface area contributed by atoms with Gasteiger partial charge in [0, 0.05) is 19.8 Å². The molecule has 0 aromatic rings. The van der Waals surface area contributed by atoms with E-state index in [1.807, 2.05) is 0 Å². The van der Waals surface area contributed by atoms with E-state index in [-0.39, 0.29) is 6.29 Å². The molecule has 5 nitrogen and oxygen atoms in total. The number of unbranched alkanes of at least 4 members (excludes halogenated alkanes) is 15. The molecular weight excluding hydrogens is 683 g/mol. The molecule has 316 valence electrons. The molecule has 0 heterocycles. The first-order valence-corrected chi connectivity index (χ1v) is 25.8. The summed E-state index contributed by atoms with van der Waals surface area (Å²) in [6.45, 7) is 16.4. The fraction of sp³-hybridized carbons (Fsp3) is 0.792. The van der Waals surface area contributed by atoms with E-state index < -0.39 is 8.56 Å². The van der Waals surface area contributed by atoms with Gasteiger partial charge in [-0.3, -0.25) is 0 Å². The maximum absolute atomic E-state index is 9.32. The largest absolute Gasteiger partial charge is 0.396 e. The predicted octanol–water partition coefficient (Wildman–Crippen LogP) is 14.3. The predicted molar refractivity (Wildman–Crippen MR) is 241 cm³/mol. The standard InChI is InChI=1S/C48H91NO4Si/c1-6-9-12-15-17-18-19-20-21-22-23-24-25-26-27-28-30-35-42-49(44-37-38-45-50)43-36-31-33-39-46-51-48(41-34-29-14-11-8-3)53-54(4,5)52-47-40-32-16-13-10-7-2/h9,12,17-18,20-21,23-24,26-27,48,50H,6-8,10-11,13-16,19,22,25,28-47H2,1-5H3/b12-9-,18-17-,21-20-,24-23-,27-26-. The van der Waals surface area contributed by atoms with Gasteiger partial charge in [0.05, 0.1) is 0 Å². The third-order valence-corrected chi connectivity index (χ3v) is 11.4. The van der Waals surface area contributed by atoms with Crippen molar-refractivity contribution in [1.29, 1.82) is 0 Å². The third kappa shape index (κ3) is 40.4. The molecule has 0 aromatic carbocycles. The lowest BCUT2D eigenvalue weighted by molar-refractivity contribution is -0.104. The minimum atomic E-state index is -2.22. The first-order valence-electron chi connectivity index (χ1n) is 23.0. The second kappa shape index (κ2) is 42.9. The van der Waals surface area contributed by atoms with Gasteiger partial charge in [-0.15, -0.1) is 0 Å². The summed E-state index contributed by atoms with van der Waals surface area (Å²) in [5.41, 5.74) is 0. The molecule has 54 heavy (non-hydrogen) atoms. The van der Waals surface area contributed by atoms with E-state index in [0.29, 0.717) is 6.61 Å². The average Bonchev–Trinajstić information content (AvgIpc) is 3.16. The number of rotatable bonds is 42. The molecule has 0 saturated heterocycles. The molecule has 0 spiro atoms. The minimum absolute atomic E-state index is 0.130. The van der Waals surface area contributed by atoms with Crippen molar-refractivity contribution in [3.63, 3.8) is 0 Å². The first-order chi connectivity index (χ1) is 26.5. The van der Waals surface area contributed by atoms with Crippen LogP contribution in [0.15, 0.2) is 60.8 Å². The molecule has 0 fully saturated rings. The molecule has 1 N–H and O–H groups in total. The maximum Gasteiger partial charge on any atom is 0.333 e. The second-order valence-corrected chi connectivity index (χ2v) is 18.9. The summed E-state index contributed by atoms with van der Waals surface area (Å²) < 4.78 is 19.3. The van der Waals surface area contributed by atoms with E-state index >= 15 is 0 Å². The molecule has 0 amide bonds. The zero-order chi connectivity index (χ0) is 39.5. The Morgan fingerprint density at radius 1 is 0.500 bits per heavy atom.